The van der Waals surface area contributed by atoms with Crippen LogP contribution in [0.3, 0.4) is 0 Å². The van der Waals surface area contributed by atoms with Gasteiger partial charge < -0.3 is 39.7 Å². The van der Waals surface area contributed by atoms with E-state index >= 15 is 0 Å². The number of anilines is 1. The molecule has 22 heteroatoms. The number of imidazole rings is 1. The maximum absolute atomic E-state index is 13.2. The van der Waals surface area contributed by atoms with Crippen LogP contribution < -0.4 is 17.0 Å². The van der Waals surface area contributed by atoms with Gasteiger partial charge in [-0.1, -0.05) is 0 Å². The first kappa shape index (κ1) is 31.6. The summed E-state index contributed by atoms with van der Waals surface area (Å²) in [7, 11) is -9.18. The number of hydrogen-bond donors (Lipinski definition) is 6. The van der Waals surface area contributed by atoms with E-state index in [9.17, 15) is 38.7 Å². The third kappa shape index (κ3) is 6.64. The molecule has 0 radical (unpaired) electrons. The van der Waals surface area contributed by atoms with Crippen molar-refractivity contribution in [1.29, 1.82) is 0 Å². The number of phosphoric ester groups is 1. The van der Waals surface area contributed by atoms with E-state index in [1.165, 1.54) is 24.0 Å². The molecule has 0 aliphatic carbocycles. The maximum Gasteiger partial charge on any atom is 0.473 e. The van der Waals surface area contributed by atoms with Gasteiger partial charge in [0.05, 0.1) is 19.5 Å². The molecule has 0 bridgehead atoms. The fraction of sp³-hybridized carbons (Fsp3) is 0.571. The van der Waals surface area contributed by atoms with Crippen molar-refractivity contribution in [2.24, 2.45) is 0 Å². The summed E-state index contributed by atoms with van der Waals surface area (Å²) >= 11 is 0. The van der Waals surface area contributed by atoms with E-state index in [0.717, 1.165) is 17.6 Å². The van der Waals surface area contributed by atoms with Crippen LogP contribution in [0.25, 0.3) is 11.2 Å². The van der Waals surface area contributed by atoms with E-state index in [4.69, 9.17) is 28.8 Å². The summed E-state index contributed by atoms with van der Waals surface area (Å²) in [6, 6.07) is 0. The second-order valence-corrected chi connectivity index (χ2v) is 13.2. The van der Waals surface area contributed by atoms with Crippen molar-refractivity contribution in [1.82, 2.24) is 29.1 Å². The van der Waals surface area contributed by atoms with Gasteiger partial charge in [-0.3, -0.25) is 32.5 Å². The molecule has 3 aromatic heterocycles. The molecule has 2 saturated heterocycles. The van der Waals surface area contributed by atoms with E-state index in [1.54, 1.807) is 0 Å². The highest BCUT2D eigenvalue weighted by Gasteiger charge is 2.51. The molecule has 9 atom stereocenters. The lowest BCUT2D eigenvalue weighted by molar-refractivity contribution is -0.0545. The van der Waals surface area contributed by atoms with E-state index < -0.39 is 82.9 Å². The number of rotatable bonds is 10. The zero-order chi connectivity index (χ0) is 31.3. The zero-order valence-electron chi connectivity index (χ0n) is 22.6. The van der Waals surface area contributed by atoms with Gasteiger partial charge in [-0.15, -0.1) is 0 Å². The molecule has 5 heterocycles. The fourth-order valence-electron chi connectivity index (χ4n) is 4.78. The Balaban J connectivity index is 1.37. The number of fused-ring (bicyclic) bond motifs is 1. The number of nitrogens with one attached hydrogen (secondary N) is 1. The summed E-state index contributed by atoms with van der Waals surface area (Å²) in [6.45, 7) is 1.05. The molecule has 43 heavy (non-hydrogen) atoms. The number of aryl methyl sites for hydroxylation is 1. The molecular weight excluding hydrogens is 620 g/mol. The Hall–Kier alpha value is -2.87. The lowest BCUT2D eigenvalue weighted by Crippen LogP contribution is -2.36. The number of H-pyrrole nitrogens is 1. The van der Waals surface area contributed by atoms with Gasteiger partial charge >= 0.3 is 21.1 Å². The van der Waals surface area contributed by atoms with Crippen LogP contribution >= 0.6 is 15.4 Å². The molecule has 2 fully saturated rings. The Morgan fingerprint density at radius 3 is 2.58 bits per heavy atom. The van der Waals surface area contributed by atoms with Crippen LogP contribution in [-0.2, 0) is 32.2 Å². The number of nitrogens with zero attached hydrogens (tertiary/aromatic N) is 5. The van der Waals surface area contributed by atoms with Crippen LogP contribution in [-0.4, -0.2) is 99.5 Å². The van der Waals surface area contributed by atoms with Gasteiger partial charge in [-0.25, -0.2) is 24.3 Å². The van der Waals surface area contributed by atoms with Crippen molar-refractivity contribution < 1.29 is 52.2 Å². The van der Waals surface area contributed by atoms with Crippen LogP contribution in [0.5, 0.6) is 0 Å². The van der Waals surface area contributed by atoms with Gasteiger partial charge in [0.15, 0.2) is 17.7 Å². The minimum Gasteiger partial charge on any atom is -0.394 e. The predicted molar refractivity (Wildman–Crippen MR) is 143 cm³/mol. The third-order valence-corrected chi connectivity index (χ3v) is 8.46. The quantitative estimate of drug-likeness (QED) is 0.136. The van der Waals surface area contributed by atoms with Crippen molar-refractivity contribution in [2.45, 2.75) is 56.3 Å². The minimum absolute atomic E-state index is 0.0409. The highest BCUT2D eigenvalue weighted by molar-refractivity contribution is 7.51. The Labute approximate surface area is 241 Å². The van der Waals surface area contributed by atoms with Crippen molar-refractivity contribution in [3.8, 4) is 0 Å². The molecule has 7 N–H and O–H groups in total. The van der Waals surface area contributed by atoms with Gasteiger partial charge in [0.1, 0.15) is 48.6 Å². The van der Waals surface area contributed by atoms with Gasteiger partial charge in [-0.2, -0.15) is 0 Å². The molecule has 3 aromatic rings. The molecule has 2 aliphatic heterocycles. The van der Waals surface area contributed by atoms with E-state index in [1.807, 2.05) is 0 Å². The number of aliphatic hydroxyl groups is 2. The summed E-state index contributed by atoms with van der Waals surface area (Å²) in [5.74, 6) is 0.0409. The summed E-state index contributed by atoms with van der Waals surface area (Å²) in [4.78, 5) is 58.5. The molecule has 5 rings (SSSR count). The first-order valence-corrected chi connectivity index (χ1v) is 16.2. The largest absolute Gasteiger partial charge is 0.473 e. The second kappa shape index (κ2) is 11.9. The average molecular weight is 649 g/mol. The Morgan fingerprint density at radius 1 is 1.14 bits per heavy atom. The van der Waals surface area contributed by atoms with Crippen molar-refractivity contribution >= 4 is 32.4 Å². The van der Waals surface area contributed by atoms with E-state index in [-0.39, 0.29) is 29.0 Å². The van der Waals surface area contributed by atoms with Gasteiger partial charge in [-0.05, 0) is 6.92 Å². The number of nitrogen functional groups attached to an aromatic ring is 1. The van der Waals surface area contributed by atoms with Crippen LogP contribution in [0.4, 0.5) is 5.82 Å². The van der Waals surface area contributed by atoms with Gasteiger partial charge in [0.2, 0.25) is 0 Å². The minimum atomic E-state index is -5.12. The number of nitrogens with two attached hydrogens (primary N) is 1. The Morgan fingerprint density at radius 2 is 1.88 bits per heavy atom. The van der Waals surface area contributed by atoms with Crippen molar-refractivity contribution in [2.75, 3.05) is 25.6 Å². The lowest BCUT2D eigenvalue weighted by atomic mass is 10.1. The molecular formula is C21H29N7O13P2. The lowest BCUT2D eigenvalue weighted by Gasteiger charge is -2.25. The smallest absolute Gasteiger partial charge is 0.394 e. The fourth-order valence-corrected chi connectivity index (χ4v) is 6.38. The monoisotopic (exact) mass is 649 g/mol. The molecule has 20 nitrogen and oxygen atoms in total. The van der Waals surface area contributed by atoms with Crippen molar-refractivity contribution in [3.63, 3.8) is 0 Å². The first-order valence-electron chi connectivity index (χ1n) is 12.7. The molecule has 0 spiro atoms. The van der Waals surface area contributed by atoms with E-state index in [2.05, 4.69) is 19.9 Å². The normalized spacial score (nSPS) is 30.4. The third-order valence-electron chi connectivity index (χ3n) is 6.79. The first-order chi connectivity index (χ1) is 20.2. The maximum atomic E-state index is 13.2. The van der Waals surface area contributed by atoms with Crippen LogP contribution in [0.2, 0.25) is 0 Å². The average Bonchev–Trinajstić information content (AvgIpc) is 3.61. The van der Waals surface area contributed by atoms with Gasteiger partial charge in [0, 0.05) is 24.8 Å². The van der Waals surface area contributed by atoms with Gasteiger partial charge in [0.25, 0.3) is 5.56 Å². The van der Waals surface area contributed by atoms with Crippen LogP contribution in [0, 0.1) is 6.92 Å². The molecule has 236 valence electrons. The second-order valence-electron chi connectivity index (χ2n) is 9.95. The summed E-state index contributed by atoms with van der Waals surface area (Å²) in [6.07, 6.45) is -6.25. The molecule has 0 amide bonds. The summed E-state index contributed by atoms with van der Waals surface area (Å²) in [5, 5.41) is 21.0. The molecule has 4 unspecified atom stereocenters. The topological polar surface area (TPSA) is 286 Å². The number of aromatic nitrogens is 6. The SMILES string of the molecule is Cc1cn([C@@H]2CC(OP(=O)(O)OC3[C@@H](COP(C)(=O)O)O[C@@H](n4cnc5c(N)ncnc54)[C@H]3O)[C@H](CO)O2)c(=O)[nH]c1=O. The molecule has 0 saturated carbocycles. The molecule has 2 aliphatic rings. The Bertz CT molecular complexity index is 1710. The standard InChI is InChI=1S/C21H29N7O13P2/c1-9-4-27(21(32)26-19(9)31)13-3-10(11(5-29)38-13)40-43(35,36)41-16-12(6-37-42(2,33)34)39-20(15(16)30)28-8-25-14-17(22)23-7-24-18(14)28/h4,7-8,10-13,15-16,20,29-30H,3,5-6H2,1-2H3,(H,33,34)(H,35,36)(H2,22,23,24)(H,26,31,32)/t10?,11-,12+,13-,15-,16?,20+/m0/s1. The number of aromatic amines is 1. The van der Waals surface area contributed by atoms with Crippen LogP contribution in [0.1, 0.15) is 24.4 Å². The molecule has 0 aromatic carbocycles. The number of hydrogen-bond acceptors (Lipinski definition) is 15. The van der Waals surface area contributed by atoms with Crippen molar-refractivity contribution in [3.05, 3.63) is 45.3 Å². The number of ether oxygens (including phenoxy) is 2. The zero-order valence-corrected chi connectivity index (χ0v) is 24.4. The highest BCUT2D eigenvalue weighted by Crippen LogP contribution is 2.52. The Kier molecular flexibility index (Phi) is 8.73. The highest BCUT2D eigenvalue weighted by atomic mass is 31.2. The number of aliphatic hydroxyl groups excluding tert-OH is 2. The van der Waals surface area contributed by atoms with Crippen LogP contribution in [0.15, 0.2) is 28.4 Å². The predicted octanol–water partition coefficient (Wildman–Crippen LogP) is -1.49. The summed E-state index contributed by atoms with van der Waals surface area (Å²) < 4.78 is 54.4. The summed E-state index contributed by atoms with van der Waals surface area (Å²) in [5.41, 5.74) is 4.94. The number of phosphoric acid groups is 1. The van der Waals surface area contributed by atoms with E-state index in [0.29, 0.717) is 0 Å².